The van der Waals surface area contributed by atoms with Crippen molar-refractivity contribution in [2.75, 3.05) is 40.5 Å². The number of hydrogen-bond donors (Lipinski definition) is 0. The molecule has 0 radical (unpaired) electrons. The molecule has 0 amide bonds. The highest BCUT2D eigenvalue weighted by Gasteiger charge is 2.27. The number of carbonyl (C=O) groups excluding carboxylic acids is 1. The van der Waals surface area contributed by atoms with Crippen molar-refractivity contribution in [3.8, 4) is 17.2 Å². The number of methoxy groups -OCH3 is 2. The van der Waals surface area contributed by atoms with Crippen LogP contribution in [0.25, 0.3) is 6.08 Å². The zero-order valence-corrected chi connectivity index (χ0v) is 17.8. The summed E-state index contributed by atoms with van der Waals surface area (Å²) in [7, 11) is 3.19. The monoisotopic (exact) mass is 407 g/mol. The maximum atomic E-state index is 12.8. The van der Waals surface area contributed by atoms with Crippen molar-refractivity contribution in [1.82, 2.24) is 4.90 Å². The minimum absolute atomic E-state index is 0.0489. The summed E-state index contributed by atoms with van der Waals surface area (Å²) in [6.45, 7) is 4.05. The van der Waals surface area contributed by atoms with Gasteiger partial charge in [-0.2, -0.15) is 0 Å². The van der Waals surface area contributed by atoms with E-state index in [1.165, 1.54) is 32.4 Å². The Hall–Kier alpha value is -2.79. The number of ketones is 1. The van der Waals surface area contributed by atoms with Crippen molar-refractivity contribution in [2.45, 2.75) is 25.7 Å². The normalized spacial score (nSPS) is 17.8. The summed E-state index contributed by atoms with van der Waals surface area (Å²) in [4.78, 5) is 15.3. The number of rotatable bonds is 7. The molecule has 1 heterocycles. The number of fused-ring (bicyclic) bond motifs is 1. The van der Waals surface area contributed by atoms with Gasteiger partial charge in [0.2, 0.25) is 0 Å². The summed E-state index contributed by atoms with van der Waals surface area (Å²) >= 11 is 0. The molecule has 5 nitrogen and oxygen atoms in total. The molecule has 1 saturated heterocycles. The third kappa shape index (κ3) is 4.51. The number of ether oxygens (including phenoxy) is 3. The molecule has 30 heavy (non-hydrogen) atoms. The molecule has 4 rings (SSSR count). The summed E-state index contributed by atoms with van der Waals surface area (Å²) in [6, 6.07) is 11.6. The predicted molar refractivity (Wildman–Crippen MR) is 118 cm³/mol. The van der Waals surface area contributed by atoms with Gasteiger partial charge in [0.05, 0.1) is 14.2 Å². The number of Topliss-reactive ketones (excluding diaryl/α,β-unsaturated/α-hetero) is 1. The Labute approximate surface area is 178 Å². The van der Waals surface area contributed by atoms with Gasteiger partial charge in [0, 0.05) is 24.1 Å². The molecule has 0 unspecified atom stereocenters. The van der Waals surface area contributed by atoms with Gasteiger partial charge in [-0.05, 0) is 67.4 Å². The van der Waals surface area contributed by atoms with Crippen molar-refractivity contribution >= 4 is 11.9 Å². The number of piperidine rings is 1. The third-order valence-corrected chi connectivity index (χ3v) is 5.87. The van der Waals surface area contributed by atoms with Crippen LogP contribution in [0.2, 0.25) is 0 Å². The van der Waals surface area contributed by atoms with Crippen LogP contribution in [0.3, 0.4) is 0 Å². The van der Waals surface area contributed by atoms with Gasteiger partial charge in [0.1, 0.15) is 12.4 Å². The lowest BCUT2D eigenvalue weighted by Gasteiger charge is -2.26. The first-order valence-corrected chi connectivity index (χ1v) is 10.6. The molecule has 0 saturated carbocycles. The summed E-state index contributed by atoms with van der Waals surface area (Å²) in [5.41, 5.74) is 3.44. The zero-order valence-electron chi connectivity index (χ0n) is 17.8. The van der Waals surface area contributed by atoms with Crippen molar-refractivity contribution < 1.29 is 19.0 Å². The molecule has 1 aliphatic carbocycles. The van der Waals surface area contributed by atoms with E-state index >= 15 is 0 Å². The van der Waals surface area contributed by atoms with Gasteiger partial charge in [-0.3, -0.25) is 9.69 Å². The van der Waals surface area contributed by atoms with Gasteiger partial charge in [-0.1, -0.05) is 18.6 Å². The lowest BCUT2D eigenvalue weighted by molar-refractivity contribution is 0.104. The van der Waals surface area contributed by atoms with E-state index in [0.717, 1.165) is 29.0 Å². The number of allylic oxidation sites excluding steroid dienone is 1. The minimum atomic E-state index is 0.0489. The van der Waals surface area contributed by atoms with Gasteiger partial charge in [0.25, 0.3) is 0 Å². The molecule has 0 spiro atoms. The molecule has 1 fully saturated rings. The Balaban J connectivity index is 1.39. The summed E-state index contributed by atoms with van der Waals surface area (Å²) in [5.74, 6) is 2.14. The summed E-state index contributed by atoms with van der Waals surface area (Å²) in [5, 5.41) is 0. The van der Waals surface area contributed by atoms with E-state index in [4.69, 9.17) is 14.2 Å². The molecule has 5 heteroatoms. The van der Waals surface area contributed by atoms with Crippen molar-refractivity contribution in [3.63, 3.8) is 0 Å². The van der Waals surface area contributed by atoms with E-state index in [1.807, 2.05) is 36.4 Å². The van der Waals surface area contributed by atoms with Gasteiger partial charge in [-0.25, -0.2) is 0 Å². The highest BCUT2D eigenvalue weighted by atomic mass is 16.5. The largest absolute Gasteiger partial charge is 0.493 e. The average molecular weight is 408 g/mol. The summed E-state index contributed by atoms with van der Waals surface area (Å²) in [6.07, 6.45) is 6.50. The Bertz CT molecular complexity index is 927. The van der Waals surface area contributed by atoms with Crippen LogP contribution in [-0.2, 0) is 6.42 Å². The van der Waals surface area contributed by atoms with Gasteiger partial charge >= 0.3 is 0 Å². The molecular weight excluding hydrogens is 378 g/mol. The van der Waals surface area contributed by atoms with Crippen LogP contribution in [0.5, 0.6) is 17.2 Å². The first-order valence-electron chi connectivity index (χ1n) is 10.6. The maximum absolute atomic E-state index is 12.8. The van der Waals surface area contributed by atoms with E-state index < -0.39 is 0 Å². The molecule has 2 aromatic rings. The molecule has 1 aliphatic heterocycles. The van der Waals surface area contributed by atoms with Crippen LogP contribution < -0.4 is 14.2 Å². The minimum Gasteiger partial charge on any atom is -0.493 e. The number of hydrogen-bond acceptors (Lipinski definition) is 5. The maximum Gasteiger partial charge on any atom is 0.189 e. The smallest absolute Gasteiger partial charge is 0.189 e. The second-order valence-corrected chi connectivity index (χ2v) is 7.86. The first kappa shape index (κ1) is 20.5. The van der Waals surface area contributed by atoms with Crippen molar-refractivity contribution in [2.24, 2.45) is 0 Å². The quantitative estimate of drug-likeness (QED) is 0.637. The van der Waals surface area contributed by atoms with Crippen molar-refractivity contribution in [3.05, 3.63) is 58.7 Å². The number of likely N-dealkylation sites (tertiary alicyclic amines) is 1. The van der Waals surface area contributed by atoms with Gasteiger partial charge < -0.3 is 14.2 Å². The fraction of sp³-hybridized carbons (Fsp3) is 0.400. The van der Waals surface area contributed by atoms with Crippen molar-refractivity contribution in [1.29, 1.82) is 0 Å². The molecule has 2 aliphatic rings. The Kier molecular flexibility index (Phi) is 6.38. The fourth-order valence-corrected chi connectivity index (χ4v) is 4.19. The molecule has 0 N–H and O–H groups in total. The second-order valence-electron chi connectivity index (χ2n) is 7.86. The van der Waals surface area contributed by atoms with Gasteiger partial charge in [-0.15, -0.1) is 0 Å². The van der Waals surface area contributed by atoms with E-state index in [0.29, 0.717) is 30.1 Å². The highest BCUT2D eigenvalue weighted by Crippen LogP contribution is 2.37. The molecule has 158 valence electrons. The highest BCUT2D eigenvalue weighted by molar-refractivity contribution is 6.15. The van der Waals surface area contributed by atoms with E-state index in [2.05, 4.69) is 4.90 Å². The lowest BCUT2D eigenvalue weighted by atomic mass is 10.1. The zero-order chi connectivity index (χ0) is 20.9. The number of nitrogens with zero attached hydrogens (tertiary/aromatic N) is 1. The van der Waals surface area contributed by atoms with E-state index in [9.17, 15) is 4.79 Å². The van der Waals surface area contributed by atoms with Crippen LogP contribution in [0.4, 0.5) is 0 Å². The SMILES string of the molecule is COc1cc2c(cc1OC)C(=O)/C(=C/c1ccc(OCCN3CCCCC3)cc1)C2. The first-order chi connectivity index (χ1) is 14.7. The topological polar surface area (TPSA) is 48.0 Å². The van der Waals surface area contributed by atoms with Crippen LogP contribution in [-0.4, -0.2) is 51.1 Å². The molecule has 2 aromatic carbocycles. The standard InChI is InChI=1S/C25H29NO4/c1-28-23-16-19-15-20(25(27)22(19)17-24(23)29-2)14-18-6-8-21(9-7-18)30-13-12-26-10-4-3-5-11-26/h6-9,14,16-17H,3-5,10-13,15H2,1-2H3/b20-14+. The summed E-state index contributed by atoms with van der Waals surface area (Å²) < 4.78 is 16.6. The third-order valence-electron chi connectivity index (χ3n) is 5.87. The average Bonchev–Trinajstić information content (AvgIpc) is 3.09. The number of carbonyl (C=O) groups is 1. The lowest BCUT2D eigenvalue weighted by Crippen LogP contribution is -2.33. The predicted octanol–water partition coefficient (Wildman–Crippen LogP) is 4.39. The molecule has 0 atom stereocenters. The van der Waals surface area contributed by atoms with E-state index in [-0.39, 0.29) is 5.78 Å². The van der Waals surface area contributed by atoms with Crippen LogP contribution in [0.1, 0.15) is 40.7 Å². The van der Waals surface area contributed by atoms with Gasteiger partial charge in [0.15, 0.2) is 17.3 Å². The molecular formula is C25H29NO4. The molecule has 0 bridgehead atoms. The fourth-order valence-electron chi connectivity index (χ4n) is 4.19. The Morgan fingerprint density at radius 2 is 1.67 bits per heavy atom. The van der Waals surface area contributed by atoms with E-state index in [1.54, 1.807) is 20.3 Å². The Morgan fingerprint density at radius 1 is 0.967 bits per heavy atom. The number of benzene rings is 2. The second kappa shape index (κ2) is 9.35. The van der Waals surface area contributed by atoms with Crippen LogP contribution >= 0.6 is 0 Å². The van der Waals surface area contributed by atoms with Crippen LogP contribution in [0, 0.1) is 0 Å². The molecule has 0 aromatic heterocycles. The Morgan fingerprint density at radius 3 is 2.37 bits per heavy atom. The van der Waals surface area contributed by atoms with Crippen LogP contribution in [0.15, 0.2) is 42.0 Å².